The number of H-pyrrole nitrogens is 2. The summed E-state index contributed by atoms with van der Waals surface area (Å²) in [6, 6.07) is 16.7. The summed E-state index contributed by atoms with van der Waals surface area (Å²) in [4.78, 5) is 23.2. The summed E-state index contributed by atoms with van der Waals surface area (Å²) in [5, 5.41) is 0.979. The van der Waals surface area contributed by atoms with Crippen molar-refractivity contribution in [3.05, 3.63) is 78.3 Å². The van der Waals surface area contributed by atoms with Gasteiger partial charge in [0.2, 0.25) is 0 Å². The number of aryl methyl sites for hydroxylation is 1. The summed E-state index contributed by atoms with van der Waals surface area (Å²) in [6.45, 7) is 6.47. The molecule has 3 aromatic heterocycles. The van der Waals surface area contributed by atoms with E-state index in [0.29, 0.717) is 12.5 Å². The van der Waals surface area contributed by atoms with Crippen LogP contribution in [0.2, 0.25) is 0 Å². The second kappa shape index (κ2) is 9.69. The first-order chi connectivity index (χ1) is 18.1. The summed E-state index contributed by atoms with van der Waals surface area (Å²) >= 11 is 0. The van der Waals surface area contributed by atoms with Crippen LogP contribution in [-0.2, 0) is 0 Å². The van der Waals surface area contributed by atoms with Gasteiger partial charge >= 0.3 is 0 Å². The number of aromatic amines is 2. The van der Waals surface area contributed by atoms with Crippen molar-refractivity contribution in [2.45, 2.75) is 32.6 Å². The molecular formula is C29H29FN6O. The van der Waals surface area contributed by atoms with E-state index in [1.54, 1.807) is 18.5 Å². The molecule has 1 aliphatic heterocycles. The van der Waals surface area contributed by atoms with Gasteiger partial charge in [-0.15, -0.1) is 0 Å². The van der Waals surface area contributed by atoms with Gasteiger partial charge in [0.1, 0.15) is 35.2 Å². The van der Waals surface area contributed by atoms with Crippen LogP contribution in [-0.4, -0.2) is 44.6 Å². The van der Waals surface area contributed by atoms with E-state index < -0.39 is 0 Å². The molecule has 0 bridgehead atoms. The Labute approximate surface area is 214 Å². The highest BCUT2D eigenvalue weighted by Crippen LogP contribution is 2.34. The predicted octanol–water partition coefficient (Wildman–Crippen LogP) is 6.25. The number of fused-ring (bicyclic) bond motifs is 1. The number of benzene rings is 2. The van der Waals surface area contributed by atoms with Crippen molar-refractivity contribution in [2.75, 3.05) is 24.6 Å². The number of aromatic nitrogens is 5. The van der Waals surface area contributed by atoms with Crippen LogP contribution in [0.5, 0.6) is 5.75 Å². The first-order valence-electron chi connectivity index (χ1n) is 12.7. The topological polar surface area (TPSA) is 82.7 Å². The van der Waals surface area contributed by atoms with Crippen LogP contribution in [0.1, 0.15) is 37.2 Å². The molecule has 2 aromatic carbocycles. The first-order valence-corrected chi connectivity index (χ1v) is 12.7. The number of piperidine rings is 1. The van der Waals surface area contributed by atoms with Gasteiger partial charge in [-0.25, -0.2) is 19.3 Å². The molecule has 0 atom stereocenters. The van der Waals surface area contributed by atoms with Gasteiger partial charge in [-0.3, -0.25) is 0 Å². The molecule has 4 heterocycles. The lowest BCUT2D eigenvalue weighted by molar-refractivity contribution is 0.340. The fourth-order valence-electron chi connectivity index (χ4n) is 5.17. The summed E-state index contributed by atoms with van der Waals surface area (Å²) in [5.41, 5.74) is 5.80. The quantitative estimate of drug-likeness (QED) is 0.291. The van der Waals surface area contributed by atoms with E-state index in [0.717, 1.165) is 82.6 Å². The molecule has 188 valence electrons. The Hall–Kier alpha value is -4.20. The third kappa shape index (κ3) is 4.55. The number of hydrogen-bond acceptors (Lipinski definition) is 5. The van der Waals surface area contributed by atoms with Gasteiger partial charge < -0.3 is 19.6 Å². The van der Waals surface area contributed by atoms with E-state index in [9.17, 15) is 4.39 Å². The third-order valence-electron chi connectivity index (χ3n) is 7.10. The van der Waals surface area contributed by atoms with Crippen LogP contribution in [0.3, 0.4) is 0 Å². The molecule has 0 aliphatic carbocycles. The number of nitrogens with one attached hydrogen (secondary N) is 2. The lowest BCUT2D eigenvalue weighted by atomic mass is 9.96. The molecule has 0 saturated carbocycles. The van der Waals surface area contributed by atoms with Gasteiger partial charge in [0.05, 0.1) is 23.4 Å². The van der Waals surface area contributed by atoms with Crippen molar-refractivity contribution < 1.29 is 9.13 Å². The van der Waals surface area contributed by atoms with Crippen LogP contribution in [0.4, 0.5) is 10.2 Å². The van der Waals surface area contributed by atoms with Crippen molar-refractivity contribution in [1.29, 1.82) is 0 Å². The second-order valence-corrected chi connectivity index (χ2v) is 9.45. The molecule has 5 aromatic rings. The molecule has 8 heteroatoms. The number of halogens is 1. The maximum atomic E-state index is 13.4. The maximum Gasteiger partial charge on any atom is 0.143 e. The zero-order valence-electron chi connectivity index (χ0n) is 21.0. The minimum Gasteiger partial charge on any atom is -0.494 e. The molecule has 1 saturated heterocycles. The second-order valence-electron chi connectivity index (χ2n) is 9.45. The average molecular weight is 497 g/mol. The number of nitrogens with zero attached hydrogens (tertiary/aromatic N) is 4. The SMILES string of the molecule is CCOc1ccc(-c2[nH]c(C3CCN(c4ncnc5[nH]c(-c6ccc(F)cc6)cc45)CC3)nc2C)cc1. The largest absolute Gasteiger partial charge is 0.494 e. The summed E-state index contributed by atoms with van der Waals surface area (Å²) in [6.07, 6.45) is 3.57. The Morgan fingerprint density at radius 2 is 1.70 bits per heavy atom. The standard InChI is InChI=1S/C29H29FN6O/c1-3-37-23-10-6-20(7-11-23)26-18(2)33-27(35-26)21-12-14-36(15-13-21)29-24-16-25(34-28(24)31-17-32-29)19-4-8-22(30)9-5-19/h4-11,16-17,21H,3,12-15H2,1-2H3,(H,33,35)(H,31,32,34). The third-order valence-corrected chi connectivity index (χ3v) is 7.10. The number of anilines is 1. The van der Waals surface area contributed by atoms with Crippen molar-refractivity contribution in [2.24, 2.45) is 0 Å². The molecule has 1 aliphatic rings. The molecule has 6 rings (SSSR count). The predicted molar refractivity (Wildman–Crippen MR) is 143 cm³/mol. The highest BCUT2D eigenvalue weighted by molar-refractivity contribution is 5.92. The molecule has 37 heavy (non-hydrogen) atoms. The Balaban J connectivity index is 1.18. The number of rotatable bonds is 6. The molecular weight excluding hydrogens is 467 g/mol. The van der Waals surface area contributed by atoms with E-state index in [2.05, 4.69) is 50.0 Å². The van der Waals surface area contributed by atoms with Crippen LogP contribution in [0.15, 0.2) is 60.9 Å². The van der Waals surface area contributed by atoms with Gasteiger partial charge in [0.15, 0.2) is 0 Å². The Bertz CT molecular complexity index is 1510. The van der Waals surface area contributed by atoms with E-state index >= 15 is 0 Å². The van der Waals surface area contributed by atoms with E-state index in [1.165, 1.54) is 12.1 Å². The van der Waals surface area contributed by atoms with Gasteiger partial charge in [-0.2, -0.15) is 0 Å². The smallest absolute Gasteiger partial charge is 0.143 e. The molecule has 0 radical (unpaired) electrons. The Morgan fingerprint density at radius 3 is 2.43 bits per heavy atom. The Morgan fingerprint density at radius 1 is 0.973 bits per heavy atom. The number of ether oxygens (including phenoxy) is 1. The average Bonchev–Trinajstić information content (AvgIpc) is 3.54. The van der Waals surface area contributed by atoms with Gasteiger partial charge in [0.25, 0.3) is 0 Å². The zero-order valence-corrected chi connectivity index (χ0v) is 21.0. The van der Waals surface area contributed by atoms with Gasteiger partial charge in [-0.1, -0.05) is 0 Å². The molecule has 0 spiro atoms. The van der Waals surface area contributed by atoms with Crippen LogP contribution in [0, 0.1) is 12.7 Å². The van der Waals surface area contributed by atoms with Gasteiger partial charge in [-0.05, 0) is 86.8 Å². The lowest BCUT2D eigenvalue weighted by Gasteiger charge is -2.32. The summed E-state index contributed by atoms with van der Waals surface area (Å²) in [7, 11) is 0. The minimum atomic E-state index is -0.249. The normalized spacial score (nSPS) is 14.4. The monoisotopic (exact) mass is 496 g/mol. The summed E-state index contributed by atoms with van der Waals surface area (Å²) in [5.74, 6) is 2.97. The molecule has 1 fully saturated rings. The van der Waals surface area contributed by atoms with Crippen molar-refractivity contribution in [3.8, 4) is 28.3 Å². The minimum absolute atomic E-state index is 0.249. The van der Waals surface area contributed by atoms with Crippen LogP contribution >= 0.6 is 0 Å². The van der Waals surface area contributed by atoms with E-state index in [4.69, 9.17) is 9.72 Å². The number of imidazole rings is 1. The maximum absolute atomic E-state index is 13.4. The van der Waals surface area contributed by atoms with Crippen molar-refractivity contribution in [3.63, 3.8) is 0 Å². The highest BCUT2D eigenvalue weighted by Gasteiger charge is 2.26. The summed E-state index contributed by atoms with van der Waals surface area (Å²) < 4.78 is 18.9. The van der Waals surface area contributed by atoms with E-state index in [-0.39, 0.29) is 5.82 Å². The molecule has 0 amide bonds. The lowest BCUT2D eigenvalue weighted by Crippen LogP contribution is -2.33. The van der Waals surface area contributed by atoms with Crippen molar-refractivity contribution in [1.82, 2.24) is 24.9 Å². The zero-order chi connectivity index (χ0) is 25.4. The van der Waals surface area contributed by atoms with Crippen LogP contribution in [0.25, 0.3) is 33.5 Å². The van der Waals surface area contributed by atoms with Crippen molar-refractivity contribution >= 4 is 16.9 Å². The molecule has 7 nitrogen and oxygen atoms in total. The molecule has 0 unspecified atom stereocenters. The highest BCUT2D eigenvalue weighted by atomic mass is 19.1. The number of hydrogen-bond donors (Lipinski definition) is 2. The first kappa shape index (κ1) is 23.2. The Kier molecular flexibility index (Phi) is 6.08. The van der Waals surface area contributed by atoms with E-state index in [1.807, 2.05) is 19.1 Å². The van der Waals surface area contributed by atoms with Crippen LogP contribution < -0.4 is 9.64 Å². The fraction of sp³-hybridized carbons (Fsp3) is 0.276. The molecule has 2 N–H and O–H groups in total. The van der Waals surface area contributed by atoms with Gasteiger partial charge in [0, 0.05) is 30.3 Å². The fourth-order valence-corrected chi connectivity index (χ4v) is 5.17.